The Morgan fingerprint density at radius 3 is 3.20 bits per heavy atom. The molecule has 6 nitrogen and oxygen atoms in total. The largest absolute Gasteiger partial charge is 0.399 e. The lowest BCUT2D eigenvalue weighted by Crippen LogP contribution is -2.41. The van der Waals surface area contributed by atoms with Crippen LogP contribution in [0.5, 0.6) is 0 Å². The lowest BCUT2D eigenvalue weighted by molar-refractivity contribution is 0.0710. The molecule has 4 N–H and O–H groups in total. The van der Waals surface area contributed by atoms with E-state index in [1.165, 1.54) is 0 Å². The van der Waals surface area contributed by atoms with Gasteiger partial charge in [-0.15, -0.1) is 0 Å². The van der Waals surface area contributed by atoms with Crippen molar-refractivity contribution in [3.63, 3.8) is 0 Å². The average molecular weight is 274 g/mol. The number of ether oxygens (including phenoxy) is 1. The van der Waals surface area contributed by atoms with Gasteiger partial charge in [0.25, 0.3) is 5.91 Å². The second kappa shape index (κ2) is 5.13. The normalized spacial score (nSPS) is 20.1. The molecule has 6 heteroatoms. The number of nitrogens with two attached hydrogens (primary N) is 1. The van der Waals surface area contributed by atoms with Gasteiger partial charge in [0.1, 0.15) is 0 Å². The van der Waals surface area contributed by atoms with E-state index < -0.39 is 0 Å². The SMILES string of the molecule is CC(NC(=O)c1n[nH]c2ccc(N)cc12)C1CCCO1. The molecule has 2 heterocycles. The van der Waals surface area contributed by atoms with Crippen LogP contribution in [-0.2, 0) is 4.74 Å². The number of nitrogen functional groups attached to an aromatic ring is 1. The highest BCUT2D eigenvalue weighted by Gasteiger charge is 2.25. The van der Waals surface area contributed by atoms with Gasteiger partial charge in [-0.3, -0.25) is 9.89 Å². The Balaban J connectivity index is 1.79. The van der Waals surface area contributed by atoms with Crippen LogP contribution in [0.1, 0.15) is 30.3 Å². The minimum absolute atomic E-state index is 0.0298. The predicted octanol–water partition coefficient (Wildman–Crippen LogP) is 1.44. The molecule has 1 aromatic heterocycles. The first-order chi connectivity index (χ1) is 9.65. The maximum absolute atomic E-state index is 12.3. The van der Waals surface area contributed by atoms with Gasteiger partial charge in [0, 0.05) is 17.7 Å². The zero-order valence-electron chi connectivity index (χ0n) is 11.3. The molecule has 20 heavy (non-hydrogen) atoms. The fourth-order valence-electron chi connectivity index (χ4n) is 2.57. The van der Waals surface area contributed by atoms with Crippen molar-refractivity contribution in [2.75, 3.05) is 12.3 Å². The molecule has 1 aliphatic heterocycles. The number of amides is 1. The lowest BCUT2D eigenvalue weighted by atomic mass is 10.1. The summed E-state index contributed by atoms with van der Waals surface area (Å²) in [5.74, 6) is -0.204. The number of nitrogens with zero attached hydrogens (tertiary/aromatic N) is 1. The number of aromatic nitrogens is 2. The third-order valence-corrected chi connectivity index (χ3v) is 3.68. The zero-order valence-corrected chi connectivity index (χ0v) is 11.3. The minimum atomic E-state index is -0.204. The molecule has 1 amide bonds. The number of hydrogen-bond donors (Lipinski definition) is 3. The molecule has 2 atom stereocenters. The van der Waals surface area contributed by atoms with Gasteiger partial charge in [0.05, 0.1) is 17.7 Å². The van der Waals surface area contributed by atoms with Gasteiger partial charge in [-0.2, -0.15) is 5.10 Å². The number of carbonyl (C=O) groups excluding carboxylic acids is 1. The second-order valence-corrected chi connectivity index (χ2v) is 5.19. The highest BCUT2D eigenvalue weighted by molar-refractivity contribution is 6.05. The third-order valence-electron chi connectivity index (χ3n) is 3.68. The molecular formula is C14H18N4O2. The molecule has 0 bridgehead atoms. The molecule has 1 fully saturated rings. The van der Waals surface area contributed by atoms with Gasteiger partial charge in [-0.1, -0.05) is 0 Å². The highest BCUT2D eigenvalue weighted by Crippen LogP contribution is 2.20. The van der Waals surface area contributed by atoms with Crippen molar-refractivity contribution in [3.8, 4) is 0 Å². The predicted molar refractivity (Wildman–Crippen MR) is 76.4 cm³/mol. The Labute approximate surface area is 116 Å². The quantitative estimate of drug-likeness (QED) is 0.738. The van der Waals surface area contributed by atoms with Gasteiger partial charge in [-0.05, 0) is 38.0 Å². The van der Waals surface area contributed by atoms with Crippen LogP contribution in [0.15, 0.2) is 18.2 Å². The fraction of sp³-hybridized carbons (Fsp3) is 0.429. The van der Waals surface area contributed by atoms with E-state index >= 15 is 0 Å². The van der Waals surface area contributed by atoms with Crippen molar-refractivity contribution in [1.82, 2.24) is 15.5 Å². The maximum atomic E-state index is 12.3. The number of fused-ring (bicyclic) bond motifs is 1. The van der Waals surface area contributed by atoms with Gasteiger partial charge in [0.2, 0.25) is 0 Å². The van der Waals surface area contributed by atoms with Crippen LogP contribution in [0.2, 0.25) is 0 Å². The molecule has 0 aliphatic carbocycles. The first-order valence-corrected chi connectivity index (χ1v) is 6.81. The summed E-state index contributed by atoms with van der Waals surface area (Å²) in [7, 11) is 0. The fourth-order valence-corrected chi connectivity index (χ4v) is 2.57. The minimum Gasteiger partial charge on any atom is -0.399 e. The Bertz CT molecular complexity index is 631. The van der Waals surface area contributed by atoms with Crippen LogP contribution >= 0.6 is 0 Å². The van der Waals surface area contributed by atoms with E-state index in [1.54, 1.807) is 12.1 Å². The molecule has 1 aliphatic rings. The molecular weight excluding hydrogens is 256 g/mol. The number of carbonyl (C=O) groups is 1. The maximum Gasteiger partial charge on any atom is 0.272 e. The summed E-state index contributed by atoms with van der Waals surface area (Å²) in [6.07, 6.45) is 2.12. The van der Waals surface area contributed by atoms with E-state index in [-0.39, 0.29) is 18.1 Å². The summed E-state index contributed by atoms with van der Waals surface area (Å²) in [4.78, 5) is 12.3. The van der Waals surface area contributed by atoms with E-state index in [2.05, 4.69) is 15.5 Å². The van der Waals surface area contributed by atoms with Crippen molar-refractivity contribution in [2.45, 2.75) is 31.9 Å². The molecule has 1 aromatic carbocycles. The summed E-state index contributed by atoms with van der Waals surface area (Å²) in [6, 6.07) is 5.32. The summed E-state index contributed by atoms with van der Waals surface area (Å²) in [6.45, 7) is 2.73. The summed E-state index contributed by atoms with van der Waals surface area (Å²) in [5.41, 5.74) is 7.54. The first-order valence-electron chi connectivity index (χ1n) is 6.81. The number of aromatic amines is 1. The number of rotatable bonds is 3. The van der Waals surface area contributed by atoms with E-state index in [0.29, 0.717) is 11.4 Å². The van der Waals surface area contributed by atoms with Gasteiger partial charge >= 0.3 is 0 Å². The van der Waals surface area contributed by atoms with E-state index in [4.69, 9.17) is 10.5 Å². The molecule has 0 radical (unpaired) electrons. The average Bonchev–Trinajstić information content (AvgIpc) is 3.07. The van der Waals surface area contributed by atoms with Crippen LogP contribution in [0, 0.1) is 0 Å². The summed E-state index contributed by atoms with van der Waals surface area (Å²) < 4.78 is 5.58. The van der Waals surface area contributed by atoms with Crippen LogP contribution in [0.4, 0.5) is 5.69 Å². The number of benzene rings is 1. The topological polar surface area (TPSA) is 93.0 Å². The van der Waals surface area contributed by atoms with Crippen molar-refractivity contribution < 1.29 is 9.53 Å². The van der Waals surface area contributed by atoms with E-state index in [9.17, 15) is 4.79 Å². The Hall–Kier alpha value is -2.08. The second-order valence-electron chi connectivity index (χ2n) is 5.19. The Morgan fingerprint density at radius 1 is 1.60 bits per heavy atom. The number of nitrogens with one attached hydrogen (secondary N) is 2. The molecule has 2 aromatic rings. The van der Waals surface area contributed by atoms with Gasteiger partial charge < -0.3 is 15.8 Å². The number of hydrogen-bond acceptors (Lipinski definition) is 4. The first kappa shape index (κ1) is 12.9. The van der Waals surface area contributed by atoms with Gasteiger partial charge in [0.15, 0.2) is 5.69 Å². The lowest BCUT2D eigenvalue weighted by Gasteiger charge is -2.19. The number of anilines is 1. The smallest absolute Gasteiger partial charge is 0.272 e. The van der Waals surface area contributed by atoms with E-state index in [0.717, 1.165) is 30.4 Å². The van der Waals surface area contributed by atoms with Crippen molar-refractivity contribution in [1.29, 1.82) is 0 Å². The van der Waals surface area contributed by atoms with Crippen LogP contribution in [0.25, 0.3) is 10.9 Å². The Morgan fingerprint density at radius 2 is 2.45 bits per heavy atom. The molecule has 0 saturated carbocycles. The summed E-state index contributed by atoms with van der Waals surface area (Å²) in [5, 5.41) is 10.6. The monoisotopic (exact) mass is 274 g/mol. The van der Waals surface area contributed by atoms with Crippen molar-refractivity contribution in [3.05, 3.63) is 23.9 Å². The summed E-state index contributed by atoms with van der Waals surface area (Å²) >= 11 is 0. The highest BCUT2D eigenvalue weighted by atomic mass is 16.5. The molecule has 3 rings (SSSR count). The Kier molecular flexibility index (Phi) is 3.31. The van der Waals surface area contributed by atoms with Crippen LogP contribution < -0.4 is 11.1 Å². The van der Waals surface area contributed by atoms with Crippen LogP contribution in [0.3, 0.4) is 0 Å². The third kappa shape index (κ3) is 2.34. The van der Waals surface area contributed by atoms with Crippen LogP contribution in [-0.4, -0.2) is 34.9 Å². The van der Waals surface area contributed by atoms with E-state index in [1.807, 2.05) is 13.0 Å². The molecule has 2 unspecified atom stereocenters. The molecule has 1 saturated heterocycles. The van der Waals surface area contributed by atoms with Crippen molar-refractivity contribution >= 4 is 22.5 Å². The van der Waals surface area contributed by atoms with Crippen molar-refractivity contribution in [2.24, 2.45) is 0 Å². The van der Waals surface area contributed by atoms with Gasteiger partial charge in [-0.25, -0.2) is 0 Å². The molecule has 106 valence electrons. The molecule has 0 spiro atoms. The zero-order chi connectivity index (χ0) is 14.1. The standard InChI is InChI=1S/C14H18N4O2/c1-8(12-3-2-6-20-12)16-14(19)13-10-7-9(15)4-5-11(10)17-18-13/h4-5,7-8,12H,2-3,6,15H2,1H3,(H,16,19)(H,17,18). The number of H-pyrrole nitrogens is 1.